The van der Waals surface area contributed by atoms with Gasteiger partial charge in [0.25, 0.3) is 5.91 Å². The van der Waals surface area contributed by atoms with Crippen molar-refractivity contribution < 1.29 is 9.32 Å². The first-order valence-corrected chi connectivity index (χ1v) is 11.1. The fourth-order valence-corrected chi connectivity index (χ4v) is 4.52. The molecule has 2 aromatic heterocycles. The summed E-state index contributed by atoms with van der Waals surface area (Å²) in [5, 5.41) is 4.15. The largest absolute Gasteiger partial charge is 0.353 e. The van der Waals surface area contributed by atoms with Gasteiger partial charge in [0.05, 0.1) is 0 Å². The lowest BCUT2D eigenvalue weighted by Crippen LogP contribution is -2.49. The molecule has 160 valence electrons. The van der Waals surface area contributed by atoms with Gasteiger partial charge in [0.1, 0.15) is 5.82 Å². The Morgan fingerprint density at radius 3 is 2.52 bits per heavy atom. The molecule has 1 saturated carbocycles. The zero-order chi connectivity index (χ0) is 21.2. The van der Waals surface area contributed by atoms with E-state index >= 15 is 0 Å². The Hall–Kier alpha value is -3.22. The van der Waals surface area contributed by atoms with E-state index in [0.717, 1.165) is 54.3 Å². The first-order valence-electron chi connectivity index (χ1n) is 11.1. The smallest absolute Gasteiger partial charge is 0.254 e. The number of benzene rings is 1. The van der Waals surface area contributed by atoms with Crippen LogP contribution in [0.3, 0.4) is 0 Å². The molecule has 0 radical (unpaired) electrons. The molecular formula is C24H27N5O2. The Labute approximate surface area is 182 Å². The van der Waals surface area contributed by atoms with Gasteiger partial charge in [0.2, 0.25) is 11.7 Å². The molecule has 0 spiro atoms. The van der Waals surface area contributed by atoms with Gasteiger partial charge in [0.15, 0.2) is 0 Å². The minimum absolute atomic E-state index is 0.108. The van der Waals surface area contributed by atoms with E-state index in [1.165, 1.54) is 12.8 Å². The van der Waals surface area contributed by atoms with E-state index in [4.69, 9.17) is 4.52 Å². The monoisotopic (exact) mass is 417 g/mol. The lowest BCUT2D eigenvalue weighted by molar-refractivity contribution is 0.0746. The molecule has 2 aliphatic rings. The van der Waals surface area contributed by atoms with Crippen LogP contribution in [0.4, 0.5) is 5.82 Å². The van der Waals surface area contributed by atoms with Crippen LogP contribution in [-0.2, 0) is 0 Å². The van der Waals surface area contributed by atoms with Gasteiger partial charge >= 0.3 is 0 Å². The number of aryl methyl sites for hydroxylation is 1. The van der Waals surface area contributed by atoms with Crippen molar-refractivity contribution in [3.63, 3.8) is 0 Å². The summed E-state index contributed by atoms with van der Waals surface area (Å²) in [5.74, 6) is 2.79. The second-order valence-electron chi connectivity index (χ2n) is 8.44. The molecule has 0 bridgehead atoms. The summed E-state index contributed by atoms with van der Waals surface area (Å²) in [5.41, 5.74) is 2.67. The molecule has 1 aliphatic heterocycles. The maximum Gasteiger partial charge on any atom is 0.254 e. The fourth-order valence-electron chi connectivity index (χ4n) is 4.52. The molecule has 1 amide bonds. The minimum Gasteiger partial charge on any atom is -0.353 e. The molecule has 2 fully saturated rings. The van der Waals surface area contributed by atoms with E-state index in [1.54, 1.807) is 0 Å². The van der Waals surface area contributed by atoms with Crippen LogP contribution in [0.15, 0.2) is 47.1 Å². The summed E-state index contributed by atoms with van der Waals surface area (Å²) in [6.07, 6.45) is 6.56. The summed E-state index contributed by atoms with van der Waals surface area (Å²) in [7, 11) is 0. The average molecular weight is 418 g/mol. The first kappa shape index (κ1) is 19.7. The van der Waals surface area contributed by atoms with Gasteiger partial charge in [-0.2, -0.15) is 4.98 Å². The van der Waals surface area contributed by atoms with Crippen molar-refractivity contribution in [1.82, 2.24) is 20.0 Å². The predicted molar refractivity (Wildman–Crippen MR) is 118 cm³/mol. The zero-order valence-electron chi connectivity index (χ0n) is 17.8. The molecule has 0 N–H and O–H groups in total. The lowest BCUT2D eigenvalue weighted by atomic mass is 10.1. The highest BCUT2D eigenvalue weighted by molar-refractivity contribution is 5.95. The number of aromatic nitrogens is 3. The van der Waals surface area contributed by atoms with Crippen LogP contribution < -0.4 is 4.90 Å². The number of pyridine rings is 1. The molecule has 31 heavy (non-hydrogen) atoms. The molecule has 1 saturated heterocycles. The van der Waals surface area contributed by atoms with Crippen LogP contribution in [0.2, 0.25) is 0 Å². The van der Waals surface area contributed by atoms with E-state index in [2.05, 4.69) is 20.0 Å². The molecule has 7 heteroatoms. The summed E-state index contributed by atoms with van der Waals surface area (Å²) < 4.78 is 5.49. The van der Waals surface area contributed by atoms with Crippen LogP contribution in [0.5, 0.6) is 0 Å². The summed E-state index contributed by atoms with van der Waals surface area (Å²) >= 11 is 0. The van der Waals surface area contributed by atoms with Crippen molar-refractivity contribution in [2.45, 2.75) is 38.5 Å². The Kier molecular flexibility index (Phi) is 5.40. The van der Waals surface area contributed by atoms with Gasteiger partial charge in [-0.1, -0.05) is 36.2 Å². The van der Waals surface area contributed by atoms with Crippen molar-refractivity contribution in [3.8, 4) is 11.4 Å². The number of hydrogen-bond acceptors (Lipinski definition) is 6. The quantitative estimate of drug-likeness (QED) is 0.637. The van der Waals surface area contributed by atoms with Gasteiger partial charge in [-0.05, 0) is 43.5 Å². The number of amides is 1. The molecule has 0 atom stereocenters. The molecule has 3 heterocycles. The normalized spacial score (nSPS) is 17.3. The second-order valence-corrected chi connectivity index (χ2v) is 8.44. The molecule has 1 aromatic carbocycles. The van der Waals surface area contributed by atoms with Crippen molar-refractivity contribution in [2.24, 2.45) is 0 Å². The van der Waals surface area contributed by atoms with Crippen LogP contribution in [0, 0.1) is 6.92 Å². The Morgan fingerprint density at radius 2 is 1.81 bits per heavy atom. The number of carbonyl (C=O) groups is 1. The lowest BCUT2D eigenvalue weighted by Gasteiger charge is -2.35. The molecule has 0 unspecified atom stereocenters. The zero-order valence-corrected chi connectivity index (χ0v) is 17.8. The highest BCUT2D eigenvalue weighted by Crippen LogP contribution is 2.34. The van der Waals surface area contributed by atoms with E-state index in [1.807, 2.05) is 54.4 Å². The third-order valence-electron chi connectivity index (χ3n) is 6.42. The number of rotatable bonds is 4. The van der Waals surface area contributed by atoms with Gasteiger partial charge in [-0.15, -0.1) is 0 Å². The van der Waals surface area contributed by atoms with Crippen LogP contribution in [-0.4, -0.2) is 52.1 Å². The first-order chi connectivity index (χ1) is 15.2. The molecule has 5 rings (SSSR count). The van der Waals surface area contributed by atoms with Crippen molar-refractivity contribution >= 4 is 11.7 Å². The van der Waals surface area contributed by atoms with Crippen LogP contribution in [0.1, 0.15) is 53.4 Å². The van der Waals surface area contributed by atoms with Crippen molar-refractivity contribution in [1.29, 1.82) is 0 Å². The van der Waals surface area contributed by atoms with E-state index in [9.17, 15) is 4.79 Å². The van der Waals surface area contributed by atoms with E-state index in [-0.39, 0.29) is 5.91 Å². The summed E-state index contributed by atoms with van der Waals surface area (Å²) in [6, 6.07) is 11.8. The fraction of sp³-hybridized carbons (Fsp3) is 0.417. The predicted octanol–water partition coefficient (Wildman–Crippen LogP) is 4.06. The molecule has 1 aliphatic carbocycles. The Morgan fingerprint density at radius 1 is 1.03 bits per heavy atom. The summed E-state index contributed by atoms with van der Waals surface area (Å²) in [4.78, 5) is 26.2. The van der Waals surface area contributed by atoms with Crippen LogP contribution >= 0.6 is 0 Å². The maximum atomic E-state index is 12.8. The second kappa shape index (κ2) is 8.49. The van der Waals surface area contributed by atoms with Crippen LogP contribution in [0.25, 0.3) is 11.4 Å². The van der Waals surface area contributed by atoms with Crippen molar-refractivity contribution in [2.75, 3.05) is 31.1 Å². The van der Waals surface area contributed by atoms with E-state index in [0.29, 0.717) is 24.8 Å². The Bertz CT molecular complexity index is 1050. The molecule has 3 aromatic rings. The van der Waals surface area contributed by atoms with Gasteiger partial charge < -0.3 is 14.3 Å². The van der Waals surface area contributed by atoms with E-state index < -0.39 is 0 Å². The summed E-state index contributed by atoms with van der Waals surface area (Å²) in [6.45, 7) is 4.88. The van der Waals surface area contributed by atoms with Gasteiger partial charge in [-0.25, -0.2) is 4.98 Å². The average Bonchev–Trinajstić information content (AvgIpc) is 3.51. The Balaban J connectivity index is 1.21. The van der Waals surface area contributed by atoms with Gasteiger partial charge in [-0.3, -0.25) is 4.79 Å². The number of anilines is 1. The minimum atomic E-state index is 0.108. The highest BCUT2D eigenvalue weighted by Gasteiger charge is 2.25. The standard InChI is InChI=1S/C24H27N5O2/c1-17-6-2-5-9-20(17)24(30)29-14-12-28(13-15-29)21-11-10-19(16-25-21)22-26-23(31-27-22)18-7-3-4-8-18/h2,5-6,9-11,16,18H,3-4,7-8,12-15H2,1H3. The number of carbonyl (C=O) groups excluding carboxylic acids is 1. The topological polar surface area (TPSA) is 75.4 Å². The number of piperazine rings is 1. The molecular weight excluding hydrogens is 390 g/mol. The third-order valence-corrected chi connectivity index (χ3v) is 6.42. The number of nitrogens with zero attached hydrogens (tertiary/aromatic N) is 5. The third kappa shape index (κ3) is 4.04. The molecule has 7 nitrogen and oxygen atoms in total. The number of hydrogen-bond donors (Lipinski definition) is 0. The SMILES string of the molecule is Cc1ccccc1C(=O)N1CCN(c2ccc(-c3noc(C4CCCC4)n3)cn2)CC1. The van der Waals surface area contributed by atoms with Crippen molar-refractivity contribution in [3.05, 3.63) is 59.6 Å². The van der Waals surface area contributed by atoms with Gasteiger partial charge in [0, 0.05) is 49.4 Å². The maximum absolute atomic E-state index is 12.8. The highest BCUT2D eigenvalue weighted by atomic mass is 16.5.